The molecule has 0 saturated carbocycles. The van der Waals surface area contributed by atoms with Gasteiger partial charge in [-0.1, -0.05) is 66.7 Å². The Bertz CT molecular complexity index is 1710. The standard InChI is InChI=1S/C42H63FN6O8/c1-25(2)30(48(13)38(55)35(40(4,5)6)47-37(54)34(44-12)42(10,11)27-15-14-16-28(43)24-27)23-26(3)36(53)46-29(39(56)57-41(7,8)9)17-18-31(50)45-21-22-49-32(51)19-20-33(49)52/h14-16,19-20,23-25,29-30,34-35,44H,17-18,21-22H2,1-13H3,(H,45,50)(H,46,53)(H,47,54)/b26-23+/t29-,30-,34-,35?/m1/s1. The van der Waals surface area contributed by atoms with Crippen LogP contribution >= 0.6 is 0 Å². The first-order valence-electron chi connectivity index (χ1n) is 19.2. The molecule has 1 aliphatic rings. The highest BCUT2D eigenvalue weighted by Gasteiger charge is 2.42. The summed E-state index contributed by atoms with van der Waals surface area (Å²) in [5.74, 6) is -4.23. The van der Waals surface area contributed by atoms with Crippen LogP contribution in [-0.2, 0) is 43.7 Å². The third-order valence-corrected chi connectivity index (χ3v) is 9.71. The van der Waals surface area contributed by atoms with Crippen molar-refractivity contribution < 1.29 is 42.7 Å². The first-order chi connectivity index (χ1) is 26.2. The van der Waals surface area contributed by atoms with Gasteiger partial charge in [0.05, 0.1) is 12.1 Å². The molecule has 0 saturated heterocycles. The Labute approximate surface area is 336 Å². The summed E-state index contributed by atoms with van der Waals surface area (Å²) < 4.78 is 19.7. The number of hydrogen-bond donors (Lipinski definition) is 4. The third kappa shape index (κ3) is 13.9. The number of imide groups is 1. The lowest BCUT2D eigenvalue weighted by atomic mass is 9.76. The van der Waals surface area contributed by atoms with Gasteiger partial charge in [-0.2, -0.15) is 0 Å². The molecule has 0 radical (unpaired) electrons. The zero-order chi connectivity index (χ0) is 43.6. The molecule has 15 heteroatoms. The number of benzene rings is 1. The average Bonchev–Trinajstić information content (AvgIpc) is 3.41. The molecule has 2 rings (SSSR count). The number of hydrogen-bond acceptors (Lipinski definition) is 9. The molecule has 1 aliphatic heterocycles. The van der Waals surface area contributed by atoms with Crippen LogP contribution in [0.3, 0.4) is 0 Å². The van der Waals surface area contributed by atoms with E-state index in [9.17, 15) is 38.0 Å². The quantitative estimate of drug-likeness (QED) is 0.0984. The van der Waals surface area contributed by atoms with E-state index >= 15 is 0 Å². The summed E-state index contributed by atoms with van der Waals surface area (Å²) in [6, 6.07) is 2.40. The molecule has 1 heterocycles. The predicted molar refractivity (Wildman–Crippen MR) is 215 cm³/mol. The van der Waals surface area contributed by atoms with Gasteiger partial charge in [0.1, 0.15) is 23.5 Å². The van der Waals surface area contributed by atoms with Crippen molar-refractivity contribution in [2.75, 3.05) is 27.2 Å². The Morgan fingerprint density at radius 3 is 2.04 bits per heavy atom. The zero-order valence-corrected chi connectivity index (χ0v) is 35.8. The van der Waals surface area contributed by atoms with Gasteiger partial charge < -0.3 is 30.9 Å². The number of amides is 6. The van der Waals surface area contributed by atoms with Crippen molar-refractivity contribution in [3.05, 3.63) is 59.4 Å². The van der Waals surface area contributed by atoms with Crippen LogP contribution < -0.4 is 21.3 Å². The molecule has 1 aromatic carbocycles. The van der Waals surface area contributed by atoms with E-state index in [-0.39, 0.29) is 37.4 Å². The summed E-state index contributed by atoms with van der Waals surface area (Å²) in [4.78, 5) is 93.8. The van der Waals surface area contributed by atoms with E-state index < -0.39 is 87.8 Å². The number of nitrogens with one attached hydrogen (secondary N) is 4. The number of rotatable bonds is 18. The molecule has 1 aromatic rings. The summed E-state index contributed by atoms with van der Waals surface area (Å²) in [7, 11) is 3.23. The van der Waals surface area contributed by atoms with Gasteiger partial charge in [-0.3, -0.25) is 33.7 Å². The first-order valence-corrected chi connectivity index (χ1v) is 19.2. The van der Waals surface area contributed by atoms with Gasteiger partial charge in [0.2, 0.25) is 23.6 Å². The summed E-state index contributed by atoms with van der Waals surface area (Å²) in [5.41, 5.74) is -1.69. The minimum Gasteiger partial charge on any atom is -0.458 e. The fourth-order valence-electron chi connectivity index (χ4n) is 6.40. The number of likely N-dealkylation sites (N-methyl/N-ethyl adjacent to an activating group) is 2. The molecule has 0 spiro atoms. The van der Waals surface area contributed by atoms with Gasteiger partial charge >= 0.3 is 5.97 Å². The van der Waals surface area contributed by atoms with E-state index in [0.29, 0.717) is 5.56 Å². The minimum absolute atomic E-state index is 0.00878. The van der Waals surface area contributed by atoms with Crippen LogP contribution in [0.5, 0.6) is 0 Å². The lowest BCUT2D eigenvalue weighted by Crippen LogP contribution is -2.61. The van der Waals surface area contributed by atoms with Crippen molar-refractivity contribution in [1.29, 1.82) is 0 Å². The molecule has 316 valence electrons. The molecular formula is C42H63FN6O8. The molecule has 4 N–H and O–H groups in total. The first kappa shape index (κ1) is 48.2. The fourth-order valence-corrected chi connectivity index (χ4v) is 6.40. The number of carbonyl (C=O) groups excluding carboxylic acids is 7. The van der Waals surface area contributed by atoms with Crippen LogP contribution in [-0.4, -0.2) is 108 Å². The highest BCUT2D eigenvalue weighted by Crippen LogP contribution is 2.30. The summed E-state index contributed by atoms with van der Waals surface area (Å²) in [6.45, 7) is 19.5. The Kier molecular flexibility index (Phi) is 16.9. The topological polar surface area (TPSA) is 183 Å². The van der Waals surface area contributed by atoms with Crippen molar-refractivity contribution in [2.45, 2.75) is 124 Å². The smallest absolute Gasteiger partial charge is 0.329 e. The summed E-state index contributed by atoms with van der Waals surface area (Å²) in [5, 5.41) is 11.3. The van der Waals surface area contributed by atoms with Crippen LogP contribution in [0.4, 0.5) is 4.39 Å². The third-order valence-electron chi connectivity index (χ3n) is 9.71. The monoisotopic (exact) mass is 798 g/mol. The second-order valence-corrected chi connectivity index (χ2v) is 17.4. The van der Waals surface area contributed by atoms with Crippen molar-refractivity contribution in [3.8, 4) is 0 Å². The Morgan fingerprint density at radius 1 is 0.930 bits per heavy atom. The molecule has 0 aliphatic carbocycles. The van der Waals surface area contributed by atoms with E-state index in [1.807, 2.05) is 48.5 Å². The van der Waals surface area contributed by atoms with E-state index in [2.05, 4.69) is 21.3 Å². The molecule has 1 unspecified atom stereocenters. The molecule has 57 heavy (non-hydrogen) atoms. The SMILES string of the molecule is CN[C@H](C(=O)NC(C(=O)N(C)[C@H](/C=C(\C)C(=O)N[C@H](CCC(=O)NCCN1C(=O)C=CC1=O)C(=O)OC(C)(C)C)C(C)C)C(C)(C)C)C(C)(C)c1cccc(F)c1. The number of esters is 1. The summed E-state index contributed by atoms with van der Waals surface area (Å²) >= 11 is 0. The molecule has 4 atom stereocenters. The van der Waals surface area contributed by atoms with E-state index in [1.165, 1.54) is 17.0 Å². The van der Waals surface area contributed by atoms with Crippen LogP contribution in [0.25, 0.3) is 0 Å². The van der Waals surface area contributed by atoms with E-state index in [0.717, 1.165) is 17.1 Å². The van der Waals surface area contributed by atoms with Crippen molar-refractivity contribution in [3.63, 3.8) is 0 Å². The van der Waals surface area contributed by atoms with E-state index in [1.54, 1.807) is 60.0 Å². The fraction of sp³-hybridized carbons (Fsp3) is 0.595. The second kappa shape index (κ2) is 20.0. The number of ether oxygens (including phenoxy) is 1. The second-order valence-electron chi connectivity index (χ2n) is 17.4. The molecule has 0 fully saturated rings. The highest BCUT2D eigenvalue weighted by atomic mass is 19.1. The molecule has 6 amide bonds. The molecular weight excluding hydrogens is 735 g/mol. The lowest BCUT2D eigenvalue weighted by Gasteiger charge is -2.40. The minimum atomic E-state index is -1.20. The van der Waals surface area contributed by atoms with Gasteiger partial charge in [-0.15, -0.1) is 0 Å². The Morgan fingerprint density at radius 2 is 1.53 bits per heavy atom. The maximum Gasteiger partial charge on any atom is 0.329 e. The number of carbonyl (C=O) groups is 7. The maximum atomic E-state index is 14.3. The van der Waals surface area contributed by atoms with Crippen LogP contribution in [0.15, 0.2) is 48.1 Å². The normalized spacial score (nSPS) is 15.8. The van der Waals surface area contributed by atoms with Crippen LogP contribution in [0.1, 0.15) is 94.6 Å². The van der Waals surface area contributed by atoms with Crippen LogP contribution in [0, 0.1) is 17.2 Å². The Hall–Kier alpha value is -4.92. The van der Waals surface area contributed by atoms with Crippen molar-refractivity contribution in [1.82, 2.24) is 31.1 Å². The highest BCUT2D eigenvalue weighted by molar-refractivity contribution is 6.12. The lowest BCUT2D eigenvalue weighted by molar-refractivity contribution is -0.158. The van der Waals surface area contributed by atoms with Gasteiger partial charge in [0.25, 0.3) is 11.8 Å². The number of halogens is 1. The van der Waals surface area contributed by atoms with Gasteiger partial charge in [0, 0.05) is 49.7 Å². The largest absolute Gasteiger partial charge is 0.458 e. The average molecular weight is 799 g/mol. The van der Waals surface area contributed by atoms with Gasteiger partial charge in [0.15, 0.2) is 0 Å². The van der Waals surface area contributed by atoms with Gasteiger partial charge in [-0.25, -0.2) is 9.18 Å². The van der Waals surface area contributed by atoms with Crippen molar-refractivity contribution >= 4 is 41.4 Å². The van der Waals surface area contributed by atoms with Gasteiger partial charge in [-0.05, 0) is 70.2 Å². The molecule has 0 aromatic heterocycles. The van der Waals surface area contributed by atoms with Crippen LogP contribution in [0.2, 0.25) is 0 Å². The Balaban J connectivity index is 2.26. The maximum absolute atomic E-state index is 14.3. The van der Waals surface area contributed by atoms with E-state index in [4.69, 9.17) is 4.74 Å². The van der Waals surface area contributed by atoms with Crippen molar-refractivity contribution in [2.24, 2.45) is 11.3 Å². The molecule has 0 bridgehead atoms. The predicted octanol–water partition coefficient (Wildman–Crippen LogP) is 3.30. The number of nitrogens with zero attached hydrogens (tertiary/aromatic N) is 2. The molecule has 14 nitrogen and oxygen atoms in total. The zero-order valence-electron chi connectivity index (χ0n) is 35.8. The summed E-state index contributed by atoms with van der Waals surface area (Å²) in [6.07, 6.45) is 3.64.